The summed E-state index contributed by atoms with van der Waals surface area (Å²) in [6, 6.07) is 0. The SMILES string of the molecule is OCc1ncc(I)s1. The number of aliphatic hydroxyl groups is 1. The van der Waals surface area contributed by atoms with Gasteiger partial charge in [0.1, 0.15) is 5.01 Å². The van der Waals surface area contributed by atoms with E-state index >= 15 is 0 Å². The van der Waals surface area contributed by atoms with Crippen molar-refractivity contribution in [1.29, 1.82) is 0 Å². The first-order valence-electron chi connectivity index (χ1n) is 2.04. The Labute approximate surface area is 64.7 Å². The maximum Gasteiger partial charge on any atom is 0.119 e. The van der Waals surface area contributed by atoms with Crippen molar-refractivity contribution in [3.8, 4) is 0 Å². The summed E-state index contributed by atoms with van der Waals surface area (Å²) in [4.78, 5) is 3.90. The summed E-state index contributed by atoms with van der Waals surface area (Å²) >= 11 is 3.68. The van der Waals surface area contributed by atoms with E-state index in [0.717, 1.165) is 7.89 Å². The Morgan fingerprint density at radius 3 is 2.88 bits per heavy atom. The van der Waals surface area contributed by atoms with Gasteiger partial charge in [-0.25, -0.2) is 4.98 Å². The highest BCUT2D eigenvalue weighted by atomic mass is 127. The van der Waals surface area contributed by atoms with Gasteiger partial charge < -0.3 is 5.11 Å². The smallest absolute Gasteiger partial charge is 0.119 e. The molecule has 4 heteroatoms. The van der Waals surface area contributed by atoms with Gasteiger partial charge in [0, 0.05) is 0 Å². The van der Waals surface area contributed by atoms with Gasteiger partial charge >= 0.3 is 0 Å². The molecule has 0 aliphatic carbocycles. The molecule has 8 heavy (non-hydrogen) atoms. The van der Waals surface area contributed by atoms with Crippen LogP contribution in [-0.4, -0.2) is 10.1 Å². The van der Waals surface area contributed by atoms with Crippen LogP contribution in [0.4, 0.5) is 0 Å². The highest BCUT2D eigenvalue weighted by Gasteiger charge is 1.93. The standard InChI is InChI=1S/C4H4INOS/c5-3-1-6-4(2-7)8-3/h1,7H,2H2. The van der Waals surface area contributed by atoms with Crippen LogP contribution in [0, 0.1) is 2.88 Å². The third kappa shape index (κ3) is 1.40. The van der Waals surface area contributed by atoms with Crippen molar-refractivity contribution < 1.29 is 5.11 Å². The zero-order valence-corrected chi connectivity index (χ0v) is 6.94. The predicted octanol–water partition coefficient (Wildman–Crippen LogP) is 1.24. The van der Waals surface area contributed by atoms with Crippen molar-refractivity contribution in [2.24, 2.45) is 0 Å². The van der Waals surface area contributed by atoms with E-state index in [-0.39, 0.29) is 6.61 Å². The second-order valence-corrected chi connectivity index (χ2v) is 4.23. The van der Waals surface area contributed by atoms with E-state index in [4.69, 9.17) is 5.11 Å². The van der Waals surface area contributed by atoms with E-state index in [9.17, 15) is 0 Å². The molecule has 0 aliphatic rings. The van der Waals surface area contributed by atoms with Crippen molar-refractivity contribution in [3.05, 3.63) is 14.1 Å². The van der Waals surface area contributed by atoms with Crippen LogP contribution < -0.4 is 0 Å². The van der Waals surface area contributed by atoms with E-state index in [2.05, 4.69) is 27.6 Å². The minimum Gasteiger partial charge on any atom is -0.389 e. The molecule has 0 saturated carbocycles. The van der Waals surface area contributed by atoms with Gasteiger partial charge in [-0.2, -0.15) is 0 Å². The lowest BCUT2D eigenvalue weighted by atomic mass is 10.8. The van der Waals surface area contributed by atoms with Crippen LogP contribution in [0.3, 0.4) is 0 Å². The number of thiazole rings is 1. The molecule has 0 atom stereocenters. The zero-order chi connectivity index (χ0) is 5.98. The number of nitrogens with zero attached hydrogens (tertiary/aromatic N) is 1. The number of rotatable bonds is 1. The molecule has 0 aromatic carbocycles. The normalized spacial score (nSPS) is 9.75. The number of hydrogen-bond acceptors (Lipinski definition) is 3. The third-order valence-corrected chi connectivity index (χ3v) is 2.37. The molecule has 0 unspecified atom stereocenters. The summed E-state index contributed by atoms with van der Waals surface area (Å²) in [7, 11) is 0. The first-order chi connectivity index (χ1) is 3.83. The van der Waals surface area contributed by atoms with Gasteiger partial charge in [0.25, 0.3) is 0 Å². The molecule has 0 spiro atoms. The van der Waals surface area contributed by atoms with Gasteiger partial charge in [-0.15, -0.1) is 11.3 Å². The Morgan fingerprint density at radius 1 is 1.88 bits per heavy atom. The van der Waals surface area contributed by atoms with Crippen molar-refractivity contribution in [3.63, 3.8) is 0 Å². The molecule has 1 rings (SSSR count). The maximum atomic E-state index is 8.50. The average molecular weight is 241 g/mol. The minimum atomic E-state index is 0.0632. The highest BCUT2D eigenvalue weighted by molar-refractivity contribution is 14.1. The largest absolute Gasteiger partial charge is 0.389 e. The van der Waals surface area contributed by atoms with Gasteiger partial charge in [-0.3, -0.25) is 0 Å². The van der Waals surface area contributed by atoms with Gasteiger partial charge in [-0.1, -0.05) is 0 Å². The fourth-order valence-corrected chi connectivity index (χ4v) is 1.76. The van der Waals surface area contributed by atoms with E-state index in [0.29, 0.717) is 0 Å². The fourth-order valence-electron chi connectivity index (χ4n) is 0.361. The molecule has 1 aromatic heterocycles. The van der Waals surface area contributed by atoms with Crippen LogP contribution in [0.2, 0.25) is 0 Å². The monoisotopic (exact) mass is 241 g/mol. The molecule has 44 valence electrons. The summed E-state index contributed by atoms with van der Waals surface area (Å²) in [5, 5.41) is 9.28. The topological polar surface area (TPSA) is 33.1 Å². The number of aliphatic hydroxyl groups excluding tert-OH is 1. The molecule has 0 amide bonds. The molecule has 0 fully saturated rings. The Kier molecular flexibility index (Phi) is 2.21. The molecule has 0 radical (unpaired) electrons. The maximum absolute atomic E-state index is 8.50. The highest BCUT2D eigenvalue weighted by Crippen LogP contribution is 2.13. The minimum absolute atomic E-state index is 0.0632. The number of hydrogen-bond donors (Lipinski definition) is 1. The van der Waals surface area contributed by atoms with E-state index in [1.54, 1.807) is 6.20 Å². The van der Waals surface area contributed by atoms with Crippen LogP contribution in [0.1, 0.15) is 5.01 Å². The zero-order valence-electron chi connectivity index (χ0n) is 3.97. The Morgan fingerprint density at radius 2 is 2.62 bits per heavy atom. The summed E-state index contributed by atoms with van der Waals surface area (Å²) in [5.41, 5.74) is 0. The van der Waals surface area contributed by atoms with Gasteiger partial charge in [0.2, 0.25) is 0 Å². The van der Waals surface area contributed by atoms with Crippen molar-refractivity contribution >= 4 is 33.9 Å². The molecule has 1 heterocycles. The molecule has 0 saturated heterocycles. The van der Waals surface area contributed by atoms with E-state index in [1.807, 2.05) is 0 Å². The lowest BCUT2D eigenvalue weighted by molar-refractivity contribution is 0.281. The molecule has 2 nitrogen and oxygen atoms in total. The van der Waals surface area contributed by atoms with Gasteiger partial charge in [-0.05, 0) is 22.6 Å². The van der Waals surface area contributed by atoms with E-state index < -0.39 is 0 Å². The molecular weight excluding hydrogens is 237 g/mol. The van der Waals surface area contributed by atoms with Crippen LogP contribution in [0.5, 0.6) is 0 Å². The Balaban J connectivity index is 2.84. The molecule has 0 bridgehead atoms. The summed E-state index contributed by atoms with van der Waals surface area (Å²) < 4.78 is 1.12. The second kappa shape index (κ2) is 2.75. The Hall–Kier alpha value is 0.320. The molecule has 0 aliphatic heterocycles. The van der Waals surface area contributed by atoms with Crippen molar-refractivity contribution in [2.75, 3.05) is 0 Å². The quantitative estimate of drug-likeness (QED) is 0.750. The number of aromatic nitrogens is 1. The fraction of sp³-hybridized carbons (Fsp3) is 0.250. The third-order valence-electron chi connectivity index (χ3n) is 0.661. The molecule has 1 N–H and O–H groups in total. The molecular formula is C4H4INOS. The second-order valence-electron chi connectivity index (χ2n) is 1.22. The van der Waals surface area contributed by atoms with Gasteiger partial charge in [0.15, 0.2) is 0 Å². The van der Waals surface area contributed by atoms with E-state index in [1.165, 1.54) is 11.3 Å². The predicted molar refractivity (Wildman–Crippen MR) is 40.8 cm³/mol. The summed E-state index contributed by atoms with van der Waals surface area (Å²) in [6.45, 7) is 0.0632. The summed E-state index contributed by atoms with van der Waals surface area (Å²) in [5.74, 6) is 0. The lowest BCUT2D eigenvalue weighted by Crippen LogP contribution is -1.75. The average Bonchev–Trinajstić information content (AvgIpc) is 2.14. The van der Waals surface area contributed by atoms with Crippen molar-refractivity contribution in [2.45, 2.75) is 6.61 Å². The molecule has 1 aromatic rings. The first kappa shape index (κ1) is 6.44. The first-order valence-corrected chi connectivity index (χ1v) is 3.93. The lowest BCUT2D eigenvalue weighted by Gasteiger charge is -1.77. The van der Waals surface area contributed by atoms with Crippen molar-refractivity contribution in [1.82, 2.24) is 4.98 Å². The Bertz CT molecular complexity index is 176. The number of halogens is 1. The summed E-state index contributed by atoms with van der Waals surface area (Å²) in [6.07, 6.45) is 1.75. The van der Waals surface area contributed by atoms with Crippen LogP contribution in [0.25, 0.3) is 0 Å². The van der Waals surface area contributed by atoms with Crippen LogP contribution in [0.15, 0.2) is 6.20 Å². The van der Waals surface area contributed by atoms with Gasteiger partial charge in [0.05, 0.1) is 15.7 Å². The van der Waals surface area contributed by atoms with Crippen LogP contribution in [-0.2, 0) is 6.61 Å². The van der Waals surface area contributed by atoms with Crippen LogP contribution >= 0.6 is 33.9 Å².